The molecule has 0 spiro atoms. The first-order chi connectivity index (χ1) is 18.1. The van der Waals surface area contributed by atoms with Crippen LogP contribution in [0.5, 0.6) is 0 Å². The molecular weight excluding hydrogens is 491 g/mol. The van der Waals surface area contributed by atoms with Crippen LogP contribution in [-0.4, -0.2) is 58.5 Å². The monoisotopic (exact) mass is 524 g/mol. The zero-order valence-electron chi connectivity index (χ0n) is 21.7. The average Bonchev–Trinajstić information content (AvgIpc) is 3.51. The summed E-state index contributed by atoms with van der Waals surface area (Å²) in [7, 11) is 1.51. The van der Waals surface area contributed by atoms with Gasteiger partial charge in [-0.25, -0.2) is 18.9 Å². The van der Waals surface area contributed by atoms with Gasteiger partial charge in [-0.2, -0.15) is 0 Å². The van der Waals surface area contributed by atoms with Crippen LogP contribution in [-0.2, 0) is 16.0 Å². The highest BCUT2D eigenvalue weighted by Gasteiger charge is 2.42. The van der Waals surface area contributed by atoms with Gasteiger partial charge in [0.05, 0.1) is 12.0 Å². The van der Waals surface area contributed by atoms with Gasteiger partial charge >= 0.3 is 12.1 Å². The fraction of sp³-hybridized carbons (Fsp3) is 0.429. The first kappa shape index (κ1) is 27.1. The van der Waals surface area contributed by atoms with Crippen LogP contribution in [0.3, 0.4) is 0 Å². The molecule has 0 saturated carbocycles. The molecule has 2 aliphatic rings. The molecule has 0 bridgehead atoms. The number of amides is 5. The second kappa shape index (κ2) is 11.2. The number of halogens is 1. The molecule has 0 radical (unpaired) electrons. The number of anilines is 1. The molecule has 9 nitrogen and oxygen atoms in total. The van der Waals surface area contributed by atoms with Gasteiger partial charge in [0.1, 0.15) is 12.4 Å². The summed E-state index contributed by atoms with van der Waals surface area (Å²) in [4.78, 5) is 53.2. The summed E-state index contributed by atoms with van der Waals surface area (Å²) in [5.41, 5.74) is 2.90. The van der Waals surface area contributed by atoms with Gasteiger partial charge in [0.2, 0.25) is 11.8 Å². The van der Waals surface area contributed by atoms with E-state index in [1.165, 1.54) is 19.2 Å². The number of carboxylic acid groups (broad SMARTS) is 1. The Morgan fingerprint density at radius 2 is 1.79 bits per heavy atom. The zero-order valence-corrected chi connectivity index (χ0v) is 21.7. The van der Waals surface area contributed by atoms with Gasteiger partial charge in [-0.15, -0.1) is 0 Å². The summed E-state index contributed by atoms with van der Waals surface area (Å²) in [5.74, 6) is -2.04. The lowest BCUT2D eigenvalue weighted by atomic mass is 9.99. The second-order valence-electron chi connectivity index (χ2n) is 10.2. The minimum atomic E-state index is -1.48. The van der Waals surface area contributed by atoms with Crippen LogP contribution >= 0.6 is 0 Å². The Balaban J connectivity index is 1.54. The number of urea groups is 1. The lowest BCUT2D eigenvalue weighted by Crippen LogP contribution is -2.49. The summed E-state index contributed by atoms with van der Waals surface area (Å²) >= 11 is 0. The van der Waals surface area contributed by atoms with Gasteiger partial charge < -0.3 is 20.6 Å². The highest BCUT2D eigenvalue weighted by atomic mass is 19.1. The van der Waals surface area contributed by atoms with E-state index in [1.807, 2.05) is 13.8 Å². The number of hydrogen-bond donors (Lipinski definition) is 3. The highest BCUT2D eigenvalue weighted by Crippen LogP contribution is 2.40. The minimum absolute atomic E-state index is 0.123. The zero-order chi connectivity index (χ0) is 27.6. The van der Waals surface area contributed by atoms with Crippen molar-refractivity contribution >= 4 is 29.6 Å². The van der Waals surface area contributed by atoms with Crippen molar-refractivity contribution in [2.45, 2.75) is 57.5 Å². The third kappa shape index (κ3) is 5.49. The molecule has 2 aromatic carbocycles. The number of carbonyl (C=O) groups is 4. The summed E-state index contributed by atoms with van der Waals surface area (Å²) in [6.07, 6.45) is 0.878. The van der Waals surface area contributed by atoms with Crippen molar-refractivity contribution in [3.63, 3.8) is 0 Å². The third-order valence-electron chi connectivity index (χ3n) is 7.54. The van der Waals surface area contributed by atoms with E-state index in [0.29, 0.717) is 35.4 Å². The predicted octanol–water partition coefficient (Wildman–Crippen LogP) is 4.50. The average molecular weight is 525 g/mol. The fourth-order valence-electron chi connectivity index (χ4n) is 5.65. The Labute approximate surface area is 221 Å². The molecule has 10 heteroatoms. The van der Waals surface area contributed by atoms with E-state index in [2.05, 4.69) is 10.6 Å². The normalized spacial score (nSPS) is 20.2. The Bertz CT molecular complexity index is 1230. The van der Waals surface area contributed by atoms with E-state index in [0.717, 1.165) is 17.5 Å². The number of likely N-dealkylation sites (tertiary alicyclic amines) is 1. The van der Waals surface area contributed by atoms with Gasteiger partial charge in [-0.05, 0) is 72.6 Å². The molecule has 0 unspecified atom stereocenters. The first-order valence-corrected chi connectivity index (χ1v) is 12.8. The molecule has 1 aliphatic carbocycles. The van der Waals surface area contributed by atoms with Gasteiger partial charge in [-0.3, -0.25) is 9.59 Å². The largest absolute Gasteiger partial charge is 0.465 e. The van der Waals surface area contributed by atoms with E-state index in [4.69, 9.17) is 0 Å². The summed E-state index contributed by atoms with van der Waals surface area (Å²) in [6, 6.07) is 10.3. The highest BCUT2D eigenvalue weighted by molar-refractivity contribution is 5.99. The molecule has 1 saturated heterocycles. The molecule has 1 aliphatic heterocycles. The minimum Gasteiger partial charge on any atom is -0.465 e. The molecule has 38 heavy (non-hydrogen) atoms. The fourth-order valence-corrected chi connectivity index (χ4v) is 5.65. The predicted molar refractivity (Wildman–Crippen MR) is 139 cm³/mol. The van der Waals surface area contributed by atoms with E-state index < -0.39 is 30.4 Å². The van der Waals surface area contributed by atoms with Crippen molar-refractivity contribution in [1.82, 2.24) is 15.1 Å². The molecule has 3 atom stereocenters. The number of imide groups is 1. The molecule has 1 heterocycles. The summed E-state index contributed by atoms with van der Waals surface area (Å²) in [5, 5.41) is 15.1. The van der Waals surface area contributed by atoms with E-state index in [-0.39, 0.29) is 29.8 Å². The molecule has 1 fully saturated rings. The maximum Gasteiger partial charge on any atom is 0.414 e. The van der Waals surface area contributed by atoms with Crippen LogP contribution in [0.25, 0.3) is 0 Å². The standard InChI is InChI=1S/C28H33FN4O5/c1-16(2)23-12-13-24(17-4-7-19(29)8-5-17)33(23)25(34)15-32(28(37)38)26(35)22-10-6-18-14-20(9-11-21(18)22)31-27(36)30-3/h4-5,7-9,11,14,16,22-24H,6,10,12-13,15H2,1-3H3,(H,37,38)(H2,30,31,36)/t22-,23-,24-/m0/s1. The van der Waals surface area contributed by atoms with Gasteiger partial charge in [-0.1, -0.05) is 32.0 Å². The number of hydrogen-bond acceptors (Lipinski definition) is 4. The van der Waals surface area contributed by atoms with E-state index >= 15 is 0 Å². The number of fused-ring (bicyclic) bond motifs is 1. The van der Waals surface area contributed by atoms with Crippen molar-refractivity contribution < 1.29 is 28.7 Å². The SMILES string of the molecule is CNC(=O)Nc1ccc2c(c1)CC[C@@H]2C(=O)N(CC(=O)N1[C@H](c2ccc(F)cc2)CC[C@H]1C(C)C)C(=O)O. The van der Waals surface area contributed by atoms with Crippen molar-refractivity contribution in [2.24, 2.45) is 5.92 Å². The molecule has 4 rings (SSSR count). The van der Waals surface area contributed by atoms with Gasteiger partial charge in [0.15, 0.2) is 0 Å². The third-order valence-corrected chi connectivity index (χ3v) is 7.54. The first-order valence-electron chi connectivity index (χ1n) is 12.8. The number of nitrogens with zero attached hydrogens (tertiary/aromatic N) is 2. The van der Waals surface area contributed by atoms with Gasteiger partial charge in [0, 0.05) is 18.8 Å². The quantitative estimate of drug-likeness (QED) is 0.514. The number of nitrogens with one attached hydrogen (secondary N) is 2. The van der Waals surface area contributed by atoms with Crippen molar-refractivity contribution in [2.75, 3.05) is 18.9 Å². The molecule has 202 valence electrons. The van der Waals surface area contributed by atoms with E-state index in [1.54, 1.807) is 35.2 Å². The summed E-state index contributed by atoms with van der Waals surface area (Å²) < 4.78 is 13.5. The molecule has 3 N–H and O–H groups in total. The van der Waals surface area contributed by atoms with Crippen LogP contribution in [0.2, 0.25) is 0 Å². The summed E-state index contributed by atoms with van der Waals surface area (Å²) in [6.45, 7) is 3.42. The number of benzene rings is 2. The van der Waals surface area contributed by atoms with Gasteiger partial charge in [0.25, 0.3) is 0 Å². The van der Waals surface area contributed by atoms with Crippen LogP contribution in [0.4, 0.5) is 19.7 Å². The van der Waals surface area contributed by atoms with Crippen molar-refractivity contribution in [3.05, 3.63) is 65.0 Å². The van der Waals surface area contributed by atoms with Crippen LogP contribution in [0.15, 0.2) is 42.5 Å². The van der Waals surface area contributed by atoms with Crippen molar-refractivity contribution in [1.29, 1.82) is 0 Å². The number of aryl methyl sites for hydroxylation is 1. The maximum absolute atomic E-state index is 13.6. The molecular formula is C28H33FN4O5. The maximum atomic E-state index is 13.6. The number of rotatable bonds is 6. The topological polar surface area (TPSA) is 119 Å². The van der Waals surface area contributed by atoms with E-state index in [9.17, 15) is 28.7 Å². The van der Waals surface area contributed by atoms with Crippen molar-refractivity contribution in [3.8, 4) is 0 Å². The number of carbonyl (C=O) groups excluding carboxylic acids is 3. The smallest absolute Gasteiger partial charge is 0.414 e. The Morgan fingerprint density at radius 1 is 1.08 bits per heavy atom. The molecule has 0 aromatic heterocycles. The van der Waals surface area contributed by atoms with Crippen LogP contribution < -0.4 is 10.6 Å². The molecule has 5 amide bonds. The Hall–Kier alpha value is -3.95. The Kier molecular flexibility index (Phi) is 7.99. The lowest BCUT2D eigenvalue weighted by molar-refractivity contribution is -0.142. The lowest BCUT2D eigenvalue weighted by Gasteiger charge is -2.34. The van der Waals surface area contributed by atoms with Crippen LogP contribution in [0.1, 0.15) is 61.8 Å². The Morgan fingerprint density at radius 3 is 2.42 bits per heavy atom. The van der Waals surface area contributed by atoms with Crippen LogP contribution in [0, 0.1) is 11.7 Å². The second-order valence-corrected chi connectivity index (χ2v) is 10.2. The molecule has 2 aromatic rings.